The van der Waals surface area contributed by atoms with Crippen LogP contribution >= 0.6 is 11.3 Å². The first-order valence-electron chi connectivity index (χ1n) is 12.9. The van der Waals surface area contributed by atoms with Gasteiger partial charge in [0, 0.05) is 33.5 Å². The quantitative estimate of drug-likeness (QED) is 0.548. The van der Waals surface area contributed by atoms with Gasteiger partial charge in [0.15, 0.2) is 0 Å². The van der Waals surface area contributed by atoms with Crippen LogP contribution in [0.4, 0.5) is 0 Å². The number of aliphatic hydroxyl groups is 1. The first kappa shape index (κ1) is 21.7. The van der Waals surface area contributed by atoms with Crippen molar-refractivity contribution < 1.29 is 9.90 Å². The molecule has 2 N–H and O–H groups in total. The van der Waals surface area contributed by atoms with Crippen LogP contribution in [-0.2, 0) is 0 Å². The van der Waals surface area contributed by atoms with Gasteiger partial charge in [-0.2, -0.15) is 5.10 Å². The van der Waals surface area contributed by atoms with Crippen LogP contribution in [0.3, 0.4) is 0 Å². The summed E-state index contributed by atoms with van der Waals surface area (Å²) in [5.41, 5.74) is 3.09. The summed E-state index contributed by atoms with van der Waals surface area (Å²) in [6.07, 6.45) is 10.4. The number of amides is 1. The van der Waals surface area contributed by atoms with Crippen molar-refractivity contribution in [1.82, 2.24) is 25.1 Å². The molecule has 35 heavy (non-hydrogen) atoms. The number of rotatable bonds is 5. The van der Waals surface area contributed by atoms with Crippen molar-refractivity contribution in [2.75, 3.05) is 0 Å². The van der Waals surface area contributed by atoms with Gasteiger partial charge in [0.05, 0.1) is 28.7 Å². The standard InChI is InChI=1S/C27H31N5O2S/c1-14-7-20(15(2)35-14)22-5-6-28-26(30-22)32-24(17-3-4-17)21(13-29-32)25(33)31-23-18-8-16-9-19(23)12-27(34,10-16)11-18/h5-7,13,16-19,23,34H,3-4,8-12H2,1-2H3,(H,31,33)/t16?,18-,19-,23?,27?/m0/s1. The molecule has 7 nitrogen and oxygen atoms in total. The van der Waals surface area contributed by atoms with E-state index in [4.69, 9.17) is 4.98 Å². The molecule has 182 valence electrons. The Morgan fingerprint density at radius 2 is 1.97 bits per heavy atom. The molecule has 5 aliphatic rings. The number of carbonyl (C=O) groups excluding carboxylic acids is 1. The number of hydrogen-bond donors (Lipinski definition) is 2. The van der Waals surface area contributed by atoms with Gasteiger partial charge in [-0.05, 0) is 88.7 Å². The Labute approximate surface area is 209 Å². The first-order valence-corrected chi connectivity index (χ1v) is 13.7. The van der Waals surface area contributed by atoms with Gasteiger partial charge in [-0.1, -0.05) is 0 Å². The Balaban J connectivity index is 1.19. The normalized spacial score (nSPS) is 31.2. The number of aromatic nitrogens is 4. The maximum atomic E-state index is 13.6. The zero-order valence-corrected chi connectivity index (χ0v) is 21.0. The molecule has 3 aromatic heterocycles. The predicted octanol–water partition coefficient (Wildman–Crippen LogP) is 4.55. The summed E-state index contributed by atoms with van der Waals surface area (Å²) in [6.45, 7) is 4.22. The van der Waals surface area contributed by atoms with E-state index < -0.39 is 5.60 Å². The van der Waals surface area contributed by atoms with Gasteiger partial charge in [-0.3, -0.25) is 4.79 Å². The van der Waals surface area contributed by atoms with Crippen molar-refractivity contribution in [3.05, 3.63) is 45.5 Å². The summed E-state index contributed by atoms with van der Waals surface area (Å²) in [6, 6.07) is 4.25. The van der Waals surface area contributed by atoms with E-state index >= 15 is 0 Å². The fraction of sp³-hybridized carbons (Fsp3) is 0.556. The van der Waals surface area contributed by atoms with Crippen molar-refractivity contribution in [2.24, 2.45) is 17.8 Å². The second-order valence-corrected chi connectivity index (χ2v) is 12.9. The molecule has 1 amide bonds. The molecule has 8 heteroatoms. The number of nitrogens with zero attached hydrogens (tertiary/aromatic N) is 4. The highest BCUT2D eigenvalue weighted by atomic mass is 32.1. The molecular formula is C27H31N5O2S. The van der Waals surface area contributed by atoms with Crippen molar-refractivity contribution in [3.63, 3.8) is 0 Å². The molecule has 0 radical (unpaired) electrons. The van der Waals surface area contributed by atoms with E-state index in [0.717, 1.165) is 61.9 Å². The van der Waals surface area contributed by atoms with Gasteiger partial charge in [0.1, 0.15) is 0 Å². The highest BCUT2D eigenvalue weighted by Crippen LogP contribution is 2.55. The molecule has 0 saturated heterocycles. The number of thiophene rings is 1. The number of aryl methyl sites for hydroxylation is 2. The maximum absolute atomic E-state index is 13.6. The molecule has 0 unspecified atom stereocenters. The van der Waals surface area contributed by atoms with Gasteiger partial charge >= 0.3 is 0 Å². The van der Waals surface area contributed by atoms with Crippen molar-refractivity contribution >= 4 is 17.2 Å². The monoisotopic (exact) mass is 489 g/mol. The van der Waals surface area contributed by atoms with Crippen LogP contribution in [0, 0.1) is 31.6 Å². The lowest BCUT2D eigenvalue weighted by Crippen LogP contribution is -2.61. The van der Waals surface area contributed by atoms with Crippen molar-refractivity contribution in [1.29, 1.82) is 0 Å². The third-order valence-electron chi connectivity index (χ3n) is 8.70. The van der Waals surface area contributed by atoms with Crippen LogP contribution < -0.4 is 5.32 Å². The predicted molar refractivity (Wildman–Crippen MR) is 134 cm³/mol. The summed E-state index contributed by atoms with van der Waals surface area (Å²) in [5.74, 6) is 2.18. The first-order chi connectivity index (χ1) is 16.9. The third-order valence-corrected chi connectivity index (χ3v) is 9.67. The fourth-order valence-electron chi connectivity index (χ4n) is 7.37. The van der Waals surface area contributed by atoms with E-state index in [9.17, 15) is 9.90 Å². The average Bonchev–Trinajstić information content (AvgIpc) is 3.45. The minimum atomic E-state index is -0.497. The summed E-state index contributed by atoms with van der Waals surface area (Å²) >= 11 is 1.77. The lowest BCUT2D eigenvalue weighted by molar-refractivity contribution is -0.136. The molecule has 0 spiro atoms. The summed E-state index contributed by atoms with van der Waals surface area (Å²) in [7, 11) is 0. The molecule has 3 aromatic rings. The number of carbonyl (C=O) groups is 1. The second-order valence-electron chi connectivity index (χ2n) is 11.4. The molecular weight excluding hydrogens is 458 g/mol. The Morgan fingerprint density at radius 3 is 2.63 bits per heavy atom. The van der Waals surface area contributed by atoms with Crippen LogP contribution in [0.25, 0.3) is 17.2 Å². The van der Waals surface area contributed by atoms with E-state index in [1.54, 1.807) is 28.4 Å². The van der Waals surface area contributed by atoms with E-state index in [1.165, 1.54) is 9.75 Å². The average molecular weight is 490 g/mol. The molecule has 5 saturated carbocycles. The summed E-state index contributed by atoms with van der Waals surface area (Å²) in [5, 5.41) is 18.9. The number of hydrogen-bond acceptors (Lipinski definition) is 6. The zero-order valence-electron chi connectivity index (χ0n) is 20.2. The van der Waals surface area contributed by atoms with E-state index in [0.29, 0.717) is 35.2 Å². The van der Waals surface area contributed by atoms with Crippen LogP contribution in [0.15, 0.2) is 24.5 Å². The molecule has 0 aliphatic heterocycles. The van der Waals surface area contributed by atoms with Gasteiger partial charge < -0.3 is 10.4 Å². The molecule has 0 aromatic carbocycles. The highest BCUT2D eigenvalue weighted by Gasteiger charge is 2.55. The Morgan fingerprint density at radius 1 is 1.20 bits per heavy atom. The van der Waals surface area contributed by atoms with Crippen LogP contribution in [0.1, 0.15) is 76.7 Å². The second kappa shape index (κ2) is 7.71. The molecule has 2 atom stereocenters. The zero-order chi connectivity index (χ0) is 23.9. The van der Waals surface area contributed by atoms with Gasteiger partial charge in [-0.25, -0.2) is 14.6 Å². The topological polar surface area (TPSA) is 92.9 Å². The van der Waals surface area contributed by atoms with E-state index in [2.05, 4.69) is 35.3 Å². The molecule has 8 rings (SSSR count). The molecule has 3 heterocycles. The highest BCUT2D eigenvalue weighted by molar-refractivity contribution is 7.12. The van der Waals surface area contributed by atoms with Crippen LogP contribution in [-0.4, -0.2) is 42.4 Å². The SMILES string of the molecule is Cc1cc(-c2ccnc(-n3ncc(C(=O)NC4[C@H]5CC6C[C@H]4CC(O)(C6)C5)c3C3CC3)n2)c(C)s1. The molecule has 4 bridgehead atoms. The van der Waals surface area contributed by atoms with Crippen molar-refractivity contribution in [2.45, 2.75) is 76.4 Å². The Hall–Kier alpha value is -2.58. The minimum absolute atomic E-state index is 0.0388. The minimum Gasteiger partial charge on any atom is -0.390 e. The largest absolute Gasteiger partial charge is 0.390 e. The lowest BCUT2D eigenvalue weighted by atomic mass is 9.52. The maximum Gasteiger partial charge on any atom is 0.255 e. The Bertz CT molecular complexity index is 1310. The molecule has 5 aliphatic carbocycles. The summed E-state index contributed by atoms with van der Waals surface area (Å²) in [4.78, 5) is 25.5. The van der Waals surface area contributed by atoms with Crippen LogP contribution in [0.5, 0.6) is 0 Å². The van der Waals surface area contributed by atoms with E-state index in [-0.39, 0.29) is 11.9 Å². The summed E-state index contributed by atoms with van der Waals surface area (Å²) < 4.78 is 1.78. The lowest BCUT2D eigenvalue weighted by Gasteiger charge is -2.58. The van der Waals surface area contributed by atoms with Gasteiger partial charge in [-0.15, -0.1) is 11.3 Å². The molecule has 5 fully saturated rings. The Kier molecular flexibility index (Phi) is 4.77. The van der Waals surface area contributed by atoms with Crippen LogP contribution in [0.2, 0.25) is 0 Å². The number of nitrogens with one attached hydrogen (secondary N) is 1. The smallest absolute Gasteiger partial charge is 0.255 e. The fourth-order valence-corrected chi connectivity index (χ4v) is 8.31. The van der Waals surface area contributed by atoms with Crippen molar-refractivity contribution in [3.8, 4) is 17.2 Å². The third kappa shape index (κ3) is 3.64. The van der Waals surface area contributed by atoms with Gasteiger partial charge in [0.25, 0.3) is 11.9 Å². The van der Waals surface area contributed by atoms with Gasteiger partial charge in [0.2, 0.25) is 0 Å². The van der Waals surface area contributed by atoms with E-state index in [1.807, 2.05) is 6.07 Å².